The molecule has 386 valence electrons. The van der Waals surface area contributed by atoms with E-state index in [4.69, 9.17) is 18.9 Å². The Labute approximate surface area is 408 Å². The number of hydrogen-bond donors (Lipinski definition) is 4. The van der Waals surface area contributed by atoms with Crippen LogP contribution < -0.4 is 21.3 Å². The number of amides is 6. The Morgan fingerprint density at radius 2 is 0.603 bits per heavy atom. The van der Waals surface area contributed by atoms with Crippen LogP contribution in [0.5, 0.6) is 0 Å². The van der Waals surface area contributed by atoms with Crippen molar-refractivity contribution in [3.05, 3.63) is 48.6 Å². The number of nitrogens with one attached hydrogen (secondary N) is 4. The average Bonchev–Trinajstić information content (AvgIpc) is 3.78. The SMILES string of the molecule is C=C(C)C(=O)NCCCCCCN(CCCCCCNC(=O)C(=C)C)C(=O)[C@H]1OC(C)(C)O[C@@H]1[C@@H]1OC(C)(C)O[C@H]1C(=O)N(CCCCCCNC(=O)C(=C)C)CCCCCCNC(=O)C(=C)C. The zero-order chi connectivity index (χ0) is 50.9. The van der Waals surface area contributed by atoms with Crippen LogP contribution in [0.2, 0.25) is 0 Å². The third-order valence-corrected chi connectivity index (χ3v) is 11.8. The van der Waals surface area contributed by atoms with E-state index >= 15 is 0 Å². The van der Waals surface area contributed by atoms with Gasteiger partial charge in [0, 0.05) is 74.7 Å². The van der Waals surface area contributed by atoms with E-state index in [0.29, 0.717) is 74.7 Å². The van der Waals surface area contributed by atoms with Crippen molar-refractivity contribution in [2.24, 2.45) is 0 Å². The van der Waals surface area contributed by atoms with Crippen LogP contribution in [0.25, 0.3) is 0 Å². The van der Waals surface area contributed by atoms with Gasteiger partial charge in [-0.1, -0.05) is 77.7 Å². The maximum Gasteiger partial charge on any atom is 0.254 e. The second-order valence-electron chi connectivity index (χ2n) is 19.5. The number of carbonyl (C=O) groups is 6. The van der Waals surface area contributed by atoms with Gasteiger partial charge < -0.3 is 50.0 Å². The lowest BCUT2D eigenvalue weighted by molar-refractivity contribution is -0.176. The number of ether oxygens (including phenoxy) is 4. The fourth-order valence-corrected chi connectivity index (χ4v) is 8.00. The monoisotopic (exact) mass is 957 g/mol. The molecule has 0 radical (unpaired) electrons. The predicted molar refractivity (Wildman–Crippen MR) is 266 cm³/mol. The molecule has 6 amide bonds. The highest BCUT2D eigenvalue weighted by molar-refractivity contribution is 5.93. The van der Waals surface area contributed by atoms with E-state index in [1.165, 1.54) is 0 Å². The third-order valence-electron chi connectivity index (χ3n) is 11.8. The van der Waals surface area contributed by atoms with Crippen LogP contribution in [0.4, 0.5) is 0 Å². The first-order valence-electron chi connectivity index (χ1n) is 25.1. The van der Waals surface area contributed by atoms with Gasteiger partial charge in [-0.3, -0.25) is 28.8 Å². The van der Waals surface area contributed by atoms with Crippen LogP contribution >= 0.6 is 0 Å². The van der Waals surface area contributed by atoms with Gasteiger partial charge in [0.15, 0.2) is 23.8 Å². The molecule has 68 heavy (non-hydrogen) atoms. The molecule has 4 N–H and O–H groups in total. The summed E-state index contributed by atoms with van der Waals surface area (Å²) in [7, 11) is 0. The second kappa shape index (κ2) is 31.0. The van der Waals surface area contributed by atoms with Crippen molar-refractivity contribution < 1.29 is 47.7 Å². The van der Waals surface area contributed by atoms with E-state index in [1.807, 2.05) is 9.80 Å². The van der Waals surface area contributed by atoms with Gasteiger partial charge in [0.1, 0.15) is 12.2 Å². The fourth-order valence-electron chi connectivity index (χ4n) is 8.00. The van der Waals surface area contributed by atoms with Gasteiger partial charge in [0.25, 0.3) is 11.8 Å². The summed E-state index contributed by atoms with van der Waals surface area (Å²) in [4.78, 5) is 80.9. The summed E-state index contributed by atoms with van der Waals surface area (Å²) in [5.41, 5.74) is 1.88. The van der Waals surface area contributed by atoms with Crippen molar-refractivity contribution in [3.8, 4) is 0 Å². The molecule has 0 aromatic rings. The summed E-state index contributed by atoms with van der Waals surface area (Å²) in [5, 5.41) is 11.5. The Morgan fingerprint density at radius 3 is 0.824 bits per heavy atom. The molecule has 0 saturated carbocycles. The van der Waals surface area contributed by atoms with Crippen LogP contribution in [0, 0.1) is 0 Å². The minimum Gasteiger partial charge on any atom is -0.352 e. The van der Waals surface area contributed by atoms with Crippen molar-refractivity contribution in [2.45, 2.75) is 194 Å². The first-order valence-corrected chi connectivity index (χ1v) is 25.1. The van der Waals surface area contributed by atoms with Crippen LogP contribution in [-0.2, 0) is 47.7 Å². The Morgan fingerprint density at radius 1 is 0.382 bits per heavy atom. The molecule has 2 rings (SSSR count). The Balaban J connectivity index is 2.25. The van der Waals surface area contributed by atoms with Gasteiger partial charge in [0.05, 0.1) is 0 Å². The summed E-state index contributed by atoms with van der Waals surface area (Å²) < 4.78 is 25.9. The van der Waals surface area contributed by atoms with E-state index in [9.17, 15) is 28.8 Å². The van der Waals surface area contributed by atoms with Crippen LogP contribution in [0.15, 0.2) is 48.6 Å². The molecule has 0 aromatic carbocycles. The van der Waals surface area contributed by atoms with Gasteiger partial charge in [0.2, 0.25) is 23.6 Å². The first kappa shape index (κ1) is 59.7. The van der Waals surface area contributed by atoms with Crippen LogP contribution in [-0.4, -0.2) is 134 Å². The smallest absolute Gasteiger partial charge is 0.254 e. The number of unbranched alkanes of at least 4 members (excludes halogenated alkanes) is 12. The minimum absolute atomic E-state index is 0.156. The molecule has 0 aromatic heterocycles. The molecule has 2 aliphatic rings. The Kier molecular flexibility index (Phi) is 27.2. The van der Waals surface area contributed by atoms with Crippen molar-refractivity contribution in [1.82, 2.24) is 31.1 Å². The van der Waals surface area contributed by atoms with Crippen molar-refractivity contribution in [2.75, 3.05) is 52.4 Å². The molecule has 2 heterocycles. The van der Waals surface area contributed by atoms with Crippen molar-refractivity contribution >= 4 is 35.4 Å². The molecular weight excluding hydrogens is 869 g/mol. The predicted octanol–water partition coefficient (Wildman–Crippen LogP) is 6.69. The molecule has 16 nitrogen and oxygen atoms in total. The molecular formula is C52H88N6O10. The topological polar surface area (TPSA) is 194 Å². The lowest BCUT2D eigenvalue weighted by atomic mass is 10.00. The summed E-state index contributed by atoms with van der Waals surface area (Å²) in [6.45, 7) is 32.7. The van der Waals surface area contributed by atoms with Gasteiger partial charge in [-0.05, 0) is 107 Å². The molecule has 0 bridgehead atoms. The third kappa shape index (κ3) is 22.8. The zero-order valence-electron chi connectivity index (χ0n) is 43.1. The average molecular weight is 957 g/mol. The summed E-state index contributed by atoms with van der Waals surface area (Å²) >= 11 is 0. The molecule has 2 aliphatic heterocycles. The highest BCUT2D eigenvalue weighted by Crippen LogP contribution is 2.40. The second-order valence-corrected chi connectivity index (χ2v) is 19.5. The molecule has 2 fully saturated rings. The fraction of sp³-hybridized carbons (Fsp3) is 0.731. The standard InChI is InChI=1S/C52H88N6O10/c1-37(2)45(59)53-29-21-13-17-25-33-57(34-26-18-14-22-30-54-46(60)38(3)4)49(63)43-41(65-51(9,10)67-43)42-44(68-52(11,12)66-42)50(64)58(35-27-19-15-23-31-55-47(61)39(5)6)36-28-20-16-24-32-56-48(62)40(7)8/h41-44H,1,3,5,7,13-36H2,2,4,6,8-12H3,(H,53,59)(H,54,60)(H,55,61)(H,56,62)/t41-,42+,43+,44-. The number of carbonyl (C=O) groups excluding carboxylic acids is 6. The van der Waals surface area contributed by atoms with E-state index in [0.717, 1.165) is 103 Å². The summed E-state index contributed by atoms with van der Waals surface area (Å²) in [6.07, 6.45) is 9.04. The summed E-state index contributed by atoms with van der Waals surface area (Å²) in [5.74, 6) is -3.41. The highest BCUT2D eigenvalue weighted by atomic mass is 16.8. The number of nitrogens with zero attached hydrogens (tertiary/aromatic N) is 2. The maximum atomic E-state index is 14.8. The van der Waals surface area contributed by atoms with Gasteiger partial charge >= 0.3 is 0 Å². The molecule has 0 aliphatic carbocycles. The van der Waals surface area contributed by atoms with Gasteiger partial charge in [-0.2, -0.15) is 0 Å². The van der Waals surface area contributed by atoms with E-state index in [1.54, 1.807) is 55.4 Å². The molecule has 2 saturated heterocycles. The van der Waals surface area contributed by atoms with E-state index in [-0.39, 0.29) is 35.4 Å². The van der Waals surface area contributed by atoms with Crippen molar-refractivity contribution in [3.63, 3.8) is 0 Å². The van der Waals surface area contributed by atoms with E-state index in [2.05, 4.69) is 47.6 Å². The lowest BCUT2D eigenvalue weighted by Crippen LogP contribution is -2.54. The van der Waals surface area contributed by atoms with Crippen molar-refractivity contribution in [1.29, 1.82) is 0 Å². The minimum atomic E-state index is -1.16. The van der Waals surface area contributed by atoms with Gasteiger partial charge in [-0.15, -0.1) is 0 Å². The maximum absolute atomic E-state index is 14.8. The summed E-state index contributed by atoms with van der Waals surface area (Å²) in [6, 6.07) is 0. The van der Waals surface area contributed by atoms with Gasteiger partial charge in [-0.25, -0.2) is 0 Å². The zero-order valence-corrected chi connectivity index (χ0v) is 43.1. The molecule has 0 spiro atoms. The van der Waals surface area contributed by atoms with E-state index < -0.39 is 36.0 Å². The Bertz CT molecular complexity index is 1510. The largest absolute Gasteiger partial charge is 0.352 e. The molecule has 16 heteroatoms. The highest BCUT2D eigenvalue weighted by Gasteiger charge is 2.58. The number of rotatable bonds is 35. The molecule has 4 atom stereocenters. The normalized spacial score (nSPS) is 19.1. The molecule has 0 unspecified atom stereocenters. The lowest BCUT2D eigenvalue weighted by Gasteiger charge is -2.31. The van der Waals surface area contributed by atoms with Crippen LogP contribution in [0.3, 0.4) is 0 Å². The number of hydrogen-bond acceptors (Lipinski definition) is 10. The first-order chi connectivity index (χ1) is 32.1. The van der Waals surface area contributed by atoms with Crippen LogP contribution in [0.1, 0.15) is 158 Å². The quantitative estimate of drug-likeness (QED) is 0.0393. The Hall–Kier alpha value is -4.38.